The maximum absolute atomic E-state index is 10.1. The Balaban J connectivity index is 3.29. The number of carbonyl (C=O) groups is 1. The summed E-state index contributed by atoms with van der Waals surface area (Å²) in [5.41, 5.74) is 0. The van der Waals surface area contributed by atoms with E-state index in [-0.39, 0.29) is 6.42 Å². The predicted molar refractivity (Wildman–Crippen MR) is 47.0 cm³/mol. The zero-order chi connectivity index (χ0) is 8.20. The van der Waals surface area contributed by atoms with Crippen LogP contribution in [-0.4, -0.2) is 29.3 Å². The van der Waals surface area contributed by atoms with Gasteiger partial charge in [0.2, 0.25) is 0 Å². The van der Waals surface area contributed by atoms with E-state index < -0.39 is 15.2 Å². The van der Waals surface area contributed by atoms with E-state index in [1.165, 1.54) is 0 Å². The Hall–Kier alpha value is 0.110. The highest BCUT2D eigenvalue weighted by Gasteiger charge is 2.07. The fourth-order valence-corrected chi connectivity index (χ4v) is 1.72. The van der Waals surface area contributed by atoms with Crippen LogP contribution < -0.4 is 0 Å². The van der Waals surface area contributed by atoms with Crippen molar-refractivity contribution in [3.05, 3.63) is 0 Å². The Labute approximate surface area is 67.4 Å². The molecule has 0 aromatic carbocycles. The second-order valence-corrected chi connectivity index (χ2v) is 8.33. The number of hydrogen-bond donors (Lipinski definition) is 1. The van der Waals surface area contributed by atoms with Gasteiger partial charge in [-0.05, 0) is 24.7 Å². The van der Waals surface area contributed by atoms with E-state index in [2.05, 4.69) is 0 Å². The van der Waals surface area contributed by atoms with Gasteiger partial charge in [-0.15, -0.1) is 0 Å². The quantitative estimate of drug-likeness (QED) is 0.727. The van der Waals surface area contributed by atoms with Gasteiger partial charge in [0.25, 0.3) is 0 Å². The van der Waals surface area contributed by atoms with Crippen LogP contribution in [0.5, 0.6) is 0 Å². The van der Waals surface area contributed by atoms with Crippen LogP contribution in [0.1, 0.15) is 12.8 Å². The molecule has 0 unspecified atom stereocenters. The van der Waals surface area contributed by atoms with E-state index in [4.69, 9.17) is 15.8 Å². The molecule has 62 valence electrons. The van der Waals surface area contributed by atoms with E-state index in [0.29, 0.717) is 6.42 Å². The van der Waals surface area contributed by atoms with Crippen LogP contribution in [0.15, 0.2) is 0 Å². The van der Waals surface area contributed by atoms with Crippen molar-refractivity contribution >= 4 is 25.9 Å². The topological polar surface area (TPSA) is 37.3 Å². The highest BCUT2D eigenvalue weighted by atomic mass is 35.7. The van der Waals surface area contributed by atoms with E-state index in [0.717, 1.165) is 5.75 Å². The van der Waals surface area contributed by atoms with Crippen molar-refractivity contribution in [2.75, 3.05) is 18.3 Å². The molecular weight excluding hydrogens is 172 g/mol. The van der Waals surface area contributed by atoms with Gasteiger partial charge in [0.05, 0.1) is 0 Å². The molecule has 0 radical (unpaired) electrons. The smallest absolute Gasteiger partial charge is 0.303 e. The summed E-state index contributed by atoms with van der Waals surface area (Å²) < 4.78 is 0. The number of rotatable bonds is 4. The minimum absolute atomic E-state index is 0.239. The van der Waals surface area contributed by atoms with Crippen LogP contribution in [0.25, 0.3) is 0 Å². The standard InChI is InChI=1S/C6H13ClO2S/c1-10(2,7)5-3-4-6(8)9/h3-5H2,1-2H3,(H,8,9). The third kappa shape index (κ3) is 8.11. The lowest BCUT2D eigenvalue weighted by atomic mass is 10.3. The summed E-state index contributed by atoms with van der Waals surface area (Å²) >= 11 is 0. The maximum Gasteiger partial charge on any atom is 0.303 e. The molecule has 1 N–H and O–H groups in total. The van der Waals surface area contributed by atoms with E-state index in [1.807, 2.05) is 12.5 Å². The number of carboxylic acid groups (broad SMARTS) is 1. The SMILES string of the molecule is CS(C)(Cl)CCCC(=O)O. The minimum atomic E-state index is -1.01. The van der Waals surface area contributed by atoms with Gasteiger partial charge >= 0.3 is 5.97 Å². The Morgan fingerprint density at radius 3 is 2.40 bits per heavy atom. The van der Waals surface area contributed by atoms with Gasteiger partial charge in [-0.1, -0.05) is 10.7 Å². The van der Waals surface area contributed by atoms with Crippen LogP contribution in [-0.2, 0) is 4.79 Å². The van der Waals surface area contributed by atoms with Gasteiger partial charge < -0.3 is 5.11 Å². The van der Waals surface area contributed by atoms with Gasteiger partial charge in [-0.2, -0.15) is 9.24 Å². The van der Waals surface area contributed by atoms with Crippen molar-refractivity contribution in [1.82, 2.24) is 0 Å². The average Bonchev–Trinajstić information content (AvgIpc) is 1.59. The number of halogens is 1. The molecule has 0 aromatic heterocycles. The first kappa shape index (κ1) is 10.1. The zero-order valence-electron chi connectivity index (χ0n) is 6.26. The maximum atomic E-state index is 10.1. The third-order valence-electron chi connectivity index (χ3n) is 1.02. The third-order valence-corrected chi connectivity index (χ3v) is 2.74. The Kier molecular flexibility index (Phi) is 4.13. The fourth-order valence-electron chi connectivity index (χ4n) is 0.567. The molecule has 0 aliphatic carbocycles. The molecule has 0 bridgehead atoms. The fraction of sp³-hybridized carbons (Fsp3) is 0.833. The molecular formula is C6H13ClO2S. The lowest BCUT2D eigenvalue weighted by Crippen LogP contribution is -1.99. The van der Waals surface area contributed by atoms with Gasteiger partial charge in [-0.25, -0.2) is 0 Å². The molecule has 0 rings (SSSR count). The molecule has 4 heteroatoms. The predicted octanol–water partition coefficient (Wildman–Crippen LogP) is 2.07. The Bertz CT molecular complexity index is 119. The summed E-state index contributed by atoms with van der Waals surface area (Å²) in [6.45, 7) is 0. The molecule has 0 heterocycles. The lowest BCUT2D eigenvalue weighted by Gasteiger charge is -2.20. The van der Waals surface area contributed by atoms with Gasteiger partial charge in [0.1, 0.15) is 0 Å². The van der Waals surface area contributed by atoms with Crippen LogP contribution in [0, 0.1) is 0 Å². The molecule has 0 aromatic rings. The molecule has 0 atom stereocenters. The number of carboxylic acids is 1. The summed E-state index contributed by atoms with van der Waals surface area (Å²) in [5.74, 6) is 0.0984. The van der Waals surface area contributed by atoms with Crippen molar-refractivity contribution in [3.8, 4) is 0 Å². The first-order valence-corrected chi connectivity index (χ1v) is 6.49. The molecule has 0 amide bonds. The second kappa shape index (κ2) is 4.09. The van der Waals surface area contributed by atoms with E-state index in [9.17, 15) is 4.79 Å². The van der Waals surface area contributed by atoms with Crippen LogP contribution in [0.4, 0.5) is 0 Å². The molecule has 0 spiro atoms. The monoisotopic (exact) mass is 184 g/mol. The van der Waals surface area contributed by atoms with Crippen molar-refractivity contribution in [3.63, 3.8) is 0 Å². The second-order valence-electron chi connectivity index (χ2n) is 2.60. The van der Waals surface area contributed by atoms with Gasteiger partial charge in [0, 0.05) is 6.42 Å². The number of aliphatic carboxylic acids is 1. The van der Waals surface area contributed by atoms with Crippen molar-refractivity contribution in [2.45, 2.75) is 12.8 Å². The number of hydrogen-bond acceptors (Lipinski definition) is 1. The summed E-state index contributed by atoms with van der Waals surface area (Å²) in [4.78, 5) is 10.1. The lowest BCUT2D eigenvalue weighted by molar-refractivity contribution is -0.137. The van der Waals surface area contributed by atoms with E-state index >= 15 is 0 Å². The van der Waals surface area contributed by atoms with Crippen LogP contribution >= 0.6 is 19.9 Å². The first-order chi connectivity index (χ1) is 4.42. The first-order valence-electron chi connectivity index (χ1n) is 3.04. The molecule has 0 fully saturated rings. The highest BCUT2D eigenvalue weighted by Crippen LogP contribution is 2.45. The minimum Gasteiger partial charge on any atom is -0.481 e. The average molecular weight is 185 g/mol. The largest absolute Gasteiger partial charge is 0.481 e. The summed E-state index contributed by atoms with van der Waals surface area (Å²) in [6.07, 6.45) is 4.87. The highest BCUT2D eigenvalue weighted by molar-refractivity contribution is 8.50. The summed E-state index contributed by atoms with van der Waals surface area (Å²) in [7, 11) is 4.90. The molecule has 0 saturated heterocycles. The van der Waals surface area contributed by atoms with Crippen molar-refractivity contribution in [2.24, 2.45) is 0 Å². The summed E-state index contributed by atoms with van der Waals surface area (Å²) in [6, 6.07) is 0. The van der Waals surface area contributed by atoms with Gasteiger partial charge in [0.15, 0.2) is 0 Å². The van der Waals surface area contributed by atoms with Crippen LogP contribution in [0.2, 0.25) is 0 Å². The van der Waals surface area contributed by atoms with E-state index in [1.54, 1.807) is 0 Å². The zero-order valence-corrected chi connectivity index (χ0v) is 7.84. The van der Waals surface area contributed by atoms with Crippen molar-refractivity contribution < 1.29 is 9.90 Å². The molecule has 10 heavy (non-hydrogen) atoms. The normalized spacial score (nSPS) is 13.1. The van der Waals surface area contributed by atoms with Crippen molar-refractivity contribution in [1.29, 1.82) is 0 Å². The van der Waals surface area contributed by atoms with Gasteiger partial charge in [-0.3, -0.25) is 4.79 Å². The molecule has 0 saturated carbocycles. The van der Waals surface area contributed by atoms with Crippen LogP contribution in [0.3, 0.4) is 0 Å². The Morgan fingerprint density at radius 1 is 1.60 bits per heavy atom. The molecule has 0 aliphatic heterocycles. The Morgan fingerprint density at radius 2 is 2.10 bits per heavy atom. The summed E-state index contributed by atoms with van der Waals surface area (Å²) in [5, 5.41) is 8.28. The molecule has 2 nitrogen and oxygen atoms in total. The molecule has 0 aliphatic rings.